The van der Waals surface area contributed by atoms with E-state index < -0.39 is 5.91 Å². The third-order valence-corrected chi connectivity index (χ3v) is 1.75. The number of hydrogen-bond donors (Lipinski definition) is 2. The molecule has 2 heterocycles. The van der Waals surface area contributed by atoms with Crippen LogP contribution in [0.4, 0.5) is 0 Å². The molecule has 0 aliphatic rings. The monoisotopic (exact) mass is 188 g/mol. The Bertz CT molecular complexity index is 500. The second-order valence-electron chi connectivity index (χ2n) is 2.81. The summed E-state index contributed by atoms with van der Waals surface area (Å²) >= 11 is 0. The summed E-state index contributed by atoms with van der Waals surface area (Å²) < 4.78 is 0. The highest BCUT2D eigenvalue weighted by molar-refractivity contribution is 5.90. The van der Waals surface area contributed by atoms with E-state index >= 15 is 0 Å². The molecular weight excluding hydrogens is 180 g/mol. The molecule has 5 nitrogen and oxygen atoms in total. The maximum Gasteiger partial charge on any atom is 0.241 e. The Balaban J connectivity index is 2.39. The fourth-order valence-electron chi connectivity index (χ4n) is 1.12. The molecule has 0 aliphatic heterocycles. The van der Waals surface area contributed by atoms with E-state index in [0.717, 1.165) is 16.6 Å². The number of carbonyl (C=O) groups excluding carboxylic acids is 1. The van der Waals surface area contributed by atoms with Crippen molar-refractivity contribution in [3.63, 3.8) is 0 Å². The smallest absolute Gasteiger partial charge is 0.241 e. The third kappa shape index (κ3) is 1.61. The van der Waals surface area contributed by atoms with Crippen molar-refractivity contribution in [2.45, 2.75) is 0 Å². The first kappa shape index (κ1) is 8.43. The van der Waals surface area contributed by atoms with E-state index in [2.05, 4.69) is 15.2 Å². The van der Waals surface area contributed by atoms with Gasteiger partial charge in [0.2, 0.25) is 5.91 Å². The summed E-state index contributed by atoms with van der Waals surface area (Å²) in [6.07, 6.45) is 6.22. The second-order valence-corrected chi connectivity index (χ2v) is 2.81. The zero-order chi connectivity index (χ0) is 9.97. The van der Waals surface area contributed by atoms with E-state index in [9.17, 15) is 4.79 Å². The molecule has 2 aromatic rings. The number of hydrogen-bond acceptors (Lipinski definition) is 3. The lowest BCUT2D eigenvalue weighted by Crippen LogP contribution is -2.05. The van der Waals surface area contributed by atoms with Crippen LogP contribution in [0.3, 0.4) is 0 Å². The SMILES string of the molecule is NC(=O)C=Cc1cnc2[nH]ncc2c1. The number of nitrogens with zero attached hydrogens (tertiary/aromatic N) is 2. The summed E-state index contributed by atoms with van der Waals surface area (Å²) in [4.78, 5) is 14.6. The van der Waals surface area contributed by atoms with E-state index in [-0.39, 0.29) is 0 Å². The molecule has 0 aromatic carbocycles. The van der Waals surface area contributed by atoms with Crippen LogP contribution in [0.5, 0.6) is 0 Å². The lowest BCUT2D eigenvalue weighted by molar-refractivity contribution is -0.113. The van der Waals surface area contributed by atoms with Crippen molar-refractivity contribution in [3.05, 3.63) is 30.1 Å². The molecule has 2 aromatic heterocycles. The van der Waals surface area contributed by atoms with Crippen molar-refractivity contribution in [1.82, 2.24) is 15.2 Å². The molecular formula is C9H8N4O. The predicted octanol–water partition coefficient (Wildman–Crippen LogP) is 0.456. The van der Waals surface area contributed by atoms with E-state index in [1.165, 1.54) is 6.08 Å². The molecule has 0 radical (unpaired) electrons. The Hall–Kier alpha value is -2.17. The fraction of sp³-hybridized carbons (Fsp3) is 0. The average Bonchev–Trinajstić information content (AvgIpc) is 2.61. The van der Waals surface area contributed by atoms with Gasteiger partial charge in [-0.25, -0.2) is 4.98 Å². The van der Waals surface area contributed by atoms with Crippen molar-refractivity contribution in [2.75, 3.05) is 0 Å². The minimum absolute atomic E-state index is 0.475. The van der Waals surface area contributed by atoms with Gasteiger partial charge < -0.3 is 5.73 Å². The number of nitrogens with two attached hydrogens (primary N) is 1. The second kappa shape index (κ2) is 3.29. The van der Waals surface area contributed by atoms with Crippen molar-refractivity contribution in [1.29, 1.82) is 0 Å². The first-order valence-corrected chi connectivity index (χ1v) is 4.02. The maximum atomic E-state index is 10.5. The van der Waals surface area contributed by atoms with Crippen LogP contribution >= 0.6 is 0 Å². The highest BCUT2D eigenvalue weighted by Gasteiger charge is 1.96. The first-order valence-electron chi connectivity index (χ1n) is 4.02. The predicted molar refractivity (Wildman–Crippen MR) is 52.1 cm³/mol. The standard InChI is InChI=1S/C9H8N4O/c10-8(14)2-1-6-3-7-5-12-13-9(7)11-4-6/h1-5H,(H2,10,14)(H,11,12,13). The molecule has 5 heteroatoms. The van der Waals surface area contributed by atoms with Gasteiger partial charge >= 0.3 is 0 Å². The van der Waals surface area contributed by atoms with Crippen molar-refractivity contribution in [3.8, 4) is 0 Å². The van der Waals surface area contributed by atoms with E-state index in [0.29, 0.717) is 0 Å². The van der Waals surface area contributed by atoms with Crippen LogP contribution in [0.1, 0.15) is 5.56 Å². The number of carbonyl (C=O) groups is 1. The largest absolute Gasteiger partial charge is 0.366 e. The quantitative estimate of drug-likeness (QED) is 0.671. The lowest BCUT2D eigenvalue weighted by Gasteiger charge is -1.91. The van der Waals surface area contributed by atoms with Gasteiger partial charge in [-0.2, -0.15) is 5.10 Å². The van der Waals surface area contributed by atoms with E-state index in [1.807, 2.05) is 6.07 Å². The fourth-order valence-corrected chi connectivity index (χ4v) is 1.12. The number of aromatic nitrogens is 3. The molecule has 0 unspecified atom stereocenters. The summed E-state index contributed by atoms with van der Waals surface area (Å²) in [5.74, 6) is -0.475. The number of rotatable bonds is 2. The number of H-pyrrole nitrogens is 1. The third-order valence-electron chi connectivity index (χ3n) is 1.75. The minimum atomic E-state index is -0.475. The van der Waals surface area contributed by atoms with Crippen LogP contribution in [-0.2, 0) is 4.79 Å². The van der Waals surface area contributed by atoms with Crippen LogP contribution in [0.2, 0.25) is 0 Å². The zero-order valence-corrected chi connectivity index (χ0v) is 7.27. The van der Waals surface area contributed by atoms with Gasteiger partial charge in [-0.1, -0.05) is 0 Å². The molecule has 0 bridgehead atoms. The summed E-state index contributed by atoms with van der Waals surface area (Å²) in [5.41, 5.74) is 6.51. The van der Waals surface area contributed by atoms with Crippen molar-refractivity contribution in [2.24, 2.45) is 5.73 Å². The summed E-state index contributed by atoms with van der Waals surface area (Å²) in [5, 5.41) is 7.47. The molecule has 0 saturated heterocycles. The number of pyridine rings is 1. The molecule has 1 amide bonds. The molecule has 3 N–H and O–H groups in total. The number of aromatic amines is 1. The van der Waals surface area contributed by atoms with Crippen LogP contribution in [0.25, 0.3) is 17.1 Å². The Morgan fingerprint density at radius 2 is 2.36 bits per heavy atom. The number of amides is 1. The highest BCUT2D eigenvalue weighted by atomic mass is 16.1. The molecule has 0 aliphatic carbocycles. The lowest BCUT2D eigenvalue weighted by atomic mass is 10.2. The average molecular weight is 188 g/mol. The first-order chi connectivity index (χ1) is 6.75. The topological polar surface area (TPSA) is 84.7 Å². The molecule has 14 heavy (non-hydrogen) atoms. The van der Waals surface area contributed by atoms with Gasteiger partial charge in [0.25, 0.3) is 0 Å². The van der Waals surface area contributed by atoms with E-state index in [4.69, 9.17) is 5.73 Å². The number of nitrogens with one attached hydrogen (secondary N) is 1. The molecule has 0 fully saturated rings. The van der Waals surface area contributed by atoms with Crippen LogP contribution < -0.4 is 5.73 Å². The molecule has 2 rings (SSSR count). The van der Waals surface area contributed by atoms with E-state index in [1.54, 1.807) is 18.5 Å². The van der Waals surface area contributed by atoms with Crippen LogP contribution in [-0.4, -0.2) is 21.1 Å². The van der Waals surface area contributed by atoms with Gasteiger partial charge in [-0.15, -0.1) is 0 Å². The Labute approximate surface area is 79.6 Å². The van der Waals surface area contributed by atoms with Gasteiger partial charge in [0.1, 0.15) is 0 Å². The molecule has 0 spiro atoms. The summed E-state index contributed by atoms with van der Waals surface area (Å²) in [6.45, 7) is 0. The van der Waals surface area contributed by atoms with Gasteiger partial charge in [-0.3, -0.25) is 9.89 Å². The van der Waals surface area contributed by atoms with Gasteiger partial charge in [0.05, 0.1) is 6.20 Å². The van der Waals surface area contributed by atoms with Crippen LogP contribution in [0.15, 0.2) is 24.5 Å². The van der Waals surface area contributed by atoms with Crippen LogP contribution in [0, 0.1) is 0 Å². The number of primary amides is 1. The minimum Gasteiger partial charge on any atom is -0.366 e. The van der Waals surface area contributed by atoms with Crippen molar-refractivity contribution < 1.29 is 4.79 Å². The molecule has 0 atom stereocenters. The van der Waals surface area contributed by atoms with Crippen molar-refractivity contribution >= 4 is 23.0 Å². The Morgan fingerprint density at radius 1 is 1.50 bits per heavy atom. The molecule has 70 valence electrons. The molecule has 0 saturated carbocycles. The normalized spacial score (nSPS) is 11.1. The Morgan fingerprint density at radius 3 is 3.14 bits per heavy atom. The number of fused-ring (bicyclic) bond motifs is 1. The van der Waals surface area contributed by atoms with Gasteiger partial charge in [0, 0.05) is 17.7 Å². The Kier molecular flexibility index (Phi) is 1.98. The van der Waals surface area contributed by atoms with Gasteiger partial charge in [0.15, 0.2) is 5.65 Å². The highest BCUT2D eigenvalue weighted by Crippen LogP contribution is 2.10. The summed E-state index contributed by atoms with van der Waals surface area (Å²) in [7, 11) is 0. The van der Waals surface area contributed by atoms with Gasteiger partial charge in [-0.05, 0) is 17.7 Å². The zero-order valence-electron chi connectivity index (χ0n) is 7.27. The summed E-state index contributed by atoms with van der Waals surface area (Å²) in [6, 6.07) is 1.87. The maximum absolute atomic E-state index is 10.5.